The van der Waals surface area contributed by atoms with Crippen molar-refractivity contribution in [1.82, 2.24) is 0 Å². The Kier molecular flexibility index (Phi) is 54.6. The summed E-state index contributed by atoms with van der Waals surface area (Å²) in [5.74, 6) is 0. The summed E-state index contributed by atoms with van der Waals surface area (Å²) in [6, 6.07) is 0. The SMILES string of the molecule is CCCCCCCC/C=C\CCCCCCCCCCCC[NH+](C)C.CCCCCCCC/C=C\CCCCCCCCCCCC[NH+](C)C.O=S(=O)([O-])[O-]. The molecule has 0 amide bonds. The summed E-state index contributed by atoms with van der Waals surface area (Å²) in [6.45, 7) is 7.26. The zero-order chi connectivity index (χ0) is 41.4. The quantitative estimate of drug-likeness (QED) is 0.0279. The Balaban J connectivity index is -0.000000874. The molecule has 6 nitrogen and oxygen atoms in total. The summed E-state index contributed by atoms with van der Waals surface area (Å²) in [6.07, 6.45) is 60.9. The van der Waals surface area contributed by atoms with E-state index in [4.69, 9.17) is 17.5 Å². The van der Waals surface area contributed by atoms with Crippen LogP contribution in [0, 0.1) is 0 Å². The Morgan fingerprint density at radius 2 is 0.491 bits per heavy atom. The Hall–Kier alpha value is -0.730. The summed E-state index contributed by atoms with van der Waals surface area (Å²) in [5.41, 5.74) is 0. The molecule has 0 rings (SSSR count). The third kappa shape index (κ3) is 74.8. The molecule has 0 spiro atoms. The van der Waals surface area contributed by atoms with Crippen LogP contribution in [0.1, 0.15) is 245 Å². The van der Waals surface area contributed by atoms with Crippen molar-refractivity contribution in [3.05, 3.63) is 24.3 Å². The zero-order valence-corrected chi connectivity index (χ0v) is 39.0. The smallest absolute Gasteiger partial charge is 0.0766 e. The molecular formula is C48H100N2O4S. The van der Waals surface area contributed by atoms with Gasteiger partial charge in [-0.15, -0.1) is 0 Å². The molecule has 2 N–H and O–H groups in total. The Bertz CT molecular complexity index is 783. The van der Waals surface area contributed by atoms with E-state index >= 15 is 0 Å². The van der Waals surface area contributed by atoms with Gasteiger partial charge in [0, 0.05) is 10.4 Å². The number of hydrogen-bond acceptors (Lipinski definition) is 4. The van der Waals surface area contributed by atoms with Gasteiger partial charge in [0.05, 0.1) is 41.3 Å². The van der Waals surface area contributed by atoms with Gasteiger partial charge in [-0.05, 0) is 77.0 Å². The number of rotatable bonds is 40. The predicted octanol–water partition coefficient (Wildman–Crippen LogP) is 12.1. The van der Waals surface area contributed by atoms with Crippen LogP contribution in [-0.2, 0) is 10.4 Å². The monoisotopic (exact) mass is 801 g/mol. The lowest BCUT2D eigenvalue weighted by atomic mass is 10.1. The van der Waals surface area contributed by atoms with E-state index in [-0.39, 0.29) is 0 Å². The minimum Gasteiger partial charge on any atom is -0.759 e. The zero-order valence-electron chi connectivity index (χ0n) is 38.2. The standard InChI is InChI=1S/2C24H49N.H2O4S/c2*1-4-5-6-7-8-9-10-11-12-13-14-15-16-17-18-19-20-21-22-23-24-25(2)3;1-5(2,3)4/h2*11-12H,4-10,13-24H2,1-3H3;(H2,1,2,3,4)/b2*12-11-;. The van der Waals surface area contributed by atoms with Gasteiger partial charge in [0.2, 0.25) is 0 Å². The molecule has 0 heterocycles. The van der Waals surface area contributed by atoms with Gasteiger partial charge in [-0.1, -0.05) is 192 Å². The number of quaternary nitrogens is 2. The fourth-order valence-electron chi connectivity index (χ4n) is 6.87. The molecule has 0 aromatic carbocycles. The highest BCUT2D eigenvalue weighted by Gasteiger charge is 1.97. The van der Waals surface area contributed by atoms with Crippen LogP contribution in [0.4, 0.5) is 0 Å². The Labute approximate surface area is 347 Å². The van der Waals surface area contributed by atoms with Crippen molar-refractivity contribution < 1.29 is 27.3 Å². The molecule has 0 aromatic rings. The van der Waals surface area contributed by atoms with Gasteiger partial charge in [-0.25, -0.2) is 0 Å². The highest BCUT2D eigenvalue weighted by Crippen LogP contribution is 2.14. The number of allylic oxidation sites excluding steroid dienone is 4. The average Bonchev–Trinajstić information content (AvgIpc) is 3.12. The second-order valence-electron chi connectivity index (χ2n) is 17.0. The molecular weight excluding hydrogens is 701 g/mol. The molecule has 0 fully saturated rings. The van der Waals surface area contributed by atoms with Crippen LogP contribution >= 0.6 is 0 Å². The van der Waals surface area contributed by atoms with Crippen molar-refractivity contribution in [1.29, 1.82) is 0 Å². The van der Waals surface area contributed by atoms with Crippen LogP contribution in [0.25, 0.3) is 0 Å². The molecule has 0 aromatic heterocycles. The summed E-state index contributed by atoms with van der Waals surface area (Å²) < 4.78 is 34.1. The van der Waals surface area contributed by atoms with E-state index in [1.807, 2.05) is 0 Å². The fraction of sp³-hybridized carbons (Fsp3) is 0.917. The van der Waals surface area contributed by atoms with Crippen LogP contribution in [0.15, 0.2) is 24.3 Å². The van der Waals surface area contributed by atoms with Gasteiger partial charge in [0.15, 0.2) is 0 Å². The Morgan fingerprint density at radius 3 is 0.673 bits per heavy atom. The number of nitrogens with one attached hydrogen (secondary N) is 2. The molecule has 0 bridgehead atoms. The minimum atomic E-state index is -5.17. The van der Waals surface area contributed by atoms with Crippen LogP contribution < -0.4 is 9.80 Å². The molecule has 332 valence electrons. The molecule has 0 atom stereocenters. The molecule has 0 saturated carbocycles. The van der Waals surface area contributed by atoms with Gasteiger partial charge in [-0.2, -0.15) is 0 Å². The van der Waals surface area contributed by atoms with Crippen LogP contribution in [0.2, 0.25) is 0 Å². The van der Waals surface area contributed by atoms with E-state index in [1.54, 1.807) is 9.80 Å². The molecule has 55 heavy (non-hydrogen) atoms. The Morgan fingerprint density at radius 1 is 0.327 bits per heavy atom. The second kappa shape index (κ2) is 51.3. The fourth-order valence-corrected chi connectivity index (χ4v) is 6.87. The maximum absolute atomic E-state index is 8.52. The largest absolute Gasteiger partial charge is 0.759 e. The lowest BCUT2D eigenvalue weighted by Crippen LogP contribution is -3.05. The minimum absolute atomic E-state index is 1.31. The normalized spacial score (nSPS) is 11.8. The van der Waals surface area contributed by atoms with Gasteiger partial charge >= 0.3 is 0 Å². The van der Waals surface area contributed by atoms with Crippen molar-refractivity contribution in [2.75, 3.05) is 41.3 Å². The van der Waals surface area contributed by atoms with Crippen molar-refractivity contribution in [2.45, 2.75) is 245 Å². The van der Waals surface area contributed by atoms with Gasteiger partial charge in [0.25, 0.3) is 0 Å². The first kappa shape index (κ1) is 58.6. The van der Waals surface area contributed by atoms with E-state index in [9.17, 15) is 0 Å². The predicted molar refractivity (Wildman–Crippen MR) is 242 cm³/mol. The summed E-state index contributed by atoms with van der Waals surface area (Å²) >= 11 is 0. The van der Waals surface area contributed by atoms with E-state index in [0.29, 0.717) is 0 Å². The number of hydrogen-bond donors (Lipinski definition) is 2. The summed E-state index contributed by atoms with van der Waals surface area (Å²) in [5, 5.41) is 0. The van der Waals surface area contributed by atoms with Crippen molar-refractivity contribution in [3.63, 3.8) is 0 Å². The first-order chi connectivity index (χ1) is 26.5. The van der Waals surface area contributed by atoms with E-state index in [1.165, 1.54) is 244 Å². The summed E-state index contributed by atoms with van der Waals surface area (Å²) in [7, 11) is 3.85. The topological polar surface area (TPSA) is 89.1 Å². The van der Waals surface area contributed by atoms with Gasteiger partial charge < -0.3 is 18.9 Å². The molecule has 0 aliphatic carbocycles. The molecule has 0 saturated heterocycles. The maximum Gasteiger partial charge on any atom is 0.0766 e. The third-order valence-electron chi connectivity index (χ3n) is 10.4. The van der Waals surface area contributed by atoms with E-state index < -0.39 is 10.4 Å². The highest BCUT2D eigenvalue weighted by molar-refractivity contribution is 7.79. The van der Waals surface area contributed by atoms with E-state index in [2.05, 4.69) is 66.3 Å². The van der Waals surface area contributed by atoms with Crippen LogP contribution in [0.5, 0.6) is 0 Å². The van der Waals surface area contributed by atoms with Crippen LogP contribution in [-0.4, -0.2) is 58.8 Å². The second-order valence-corrected chi connectivity index (χ2v) is 17.8. The lowest BCUT2D eigenvalue weighted by Gasteiger charge is -2.06. The lowest BCUT2D eigenvalue weighted by molar-refractivity contribution is -0.858. The molecule has 7 heteroatoms. The molecule has 0 unspecified atom stereocenters. The van der Waals surface area contributed by atoms with Gasteiger partial charge in [-0.3, -0.25) is 8.42 Å². The average molecular weight is 801 g/mol. The van der Waals surface area contributed by atoms with Crippen molar-refractivity contribution in [2.24, 2.45) is 0 Å². The van der Waals surface area contributed by atoms with Crippen molar-refractivity contribution >= 4 is 10.4 Å². The van der Waals surface area contributed by atoms with E-state index in [0.717, 1.165) is 0 Å². The number of unbranched alkanes of at least 4 members (excludes halogenated alkanes) is 32. The molecule has 0 aliphatic rings. The molecule has 0 aliphatic heterocycles. The molecule has 0 radical (unpaired) electrons. The highest BCUT2D eigenvalue weighted by atomic mass is 32.3. The summed E-state index contributed by atoms with van der Waals surface area (Å²) in [4.78, 5) is 3.19. The third-order valence-corrected chi connectivity index (χ3v) is 10.4. The maximum atomic E-state index is 8.52. The van der Waals surface area contributed by atoms with Crippen LogP contribution in [0.3, 0.4) is 0 Å². The first-order valence-corrected chi connectivity index (χ1v) is 25.4. The van der Waals surface area contributed by atoms with Gasteiger partial charge in [0.1, 0.15) is 0 Å². The first-order valence-electron chi connectivity index (χ1n) is 24.1. The van der Waals surface area contributed by atoms with Crippen molar-refractivity contribution in [3.8, 4) is 0 Å².